The van der Waals surface area contributed by atoms with Gasteiger partial charge in [0.25, 0.3) is 5.91 Å². The first kappa shape index (κ1) is 19.5. The molecule has 0 saturated carbocycles. The van der Waals surface area contributed by atoms with E-state index in [1.54, 1.807) is 6.07 Å². The third kappa shape index (κ3) is 4.23. The minimum Gasteiger partial charge on any atom is -0.395 e. The molecule has 0 saturated heterocycles. The summed E-state index contributed by atoms with van der Waals surface area (Å²) in [7, 11) is -2.53. The number of benzene rings is 2. The molecule has 0 fully saturated rings. The van der Waals surface area contributed by atoms with E-state index in [-0.39, 0.29) is 34.9 Å². The molecule has 136 valence electrons. The van der Waals surface area contributed by atoms with Crippen LogP contribution in [0.1, 0.15) is 15.9 Å². The molecule has 0 aromatic heterocycles. The molecule has 0 unspecified atom stereocenters. The van der Waals surface area contributed by atoms with Gasteiger partial charge in [0.15, 0.2) is 0 Å². The van der Waals surface area contributed by atoms with Gasteiger partial charge in [-0.25, -0.2) is 12.8 Å². The number of carbonyl (C=O) groups excluding carboxylic acids is 1. The van der Waals surface area contributed by atoms with Crippen molar-refractivity contribution in [3.63, 3.8) is 0 Å². The Morgan fingerprint density at radius 3 is 2.69 bits per heavy atom. The van der Waals surface area contributed by atoms with E-state index in [0.717, 1.165) is 10.4 Å². The van der Waals surface area contributed by atoms with Crippen molar-refractivity contribution in [2.45, 2.75) is 4.90 Å². The minimum absolute atomic E-state index is 0.0753. The first-order valence-corrected chi connectivity index (χ1v) is 8.92. The predicted octanol–water partition coefficient (Wildman–Crippen LogP) is 1.56. The molecule has 2 rings (SSSR count). The Bertz CT molecular complexity index is 970. The van der Waals surface area contributed by atoms with Crippen molar-refractivity contribution in [2.24, 2.45) is 0 Å². The van der Waals surface area contributed by atoms with Gasteiger partial charge in [-0.15, -0.1) is 0 Å². The van der Waals surface area contributed by atoms with Crippen molar-refractivity contribution < 1.29 is 22.7 Å². The van der Waals surface area contributed by atoms with E-state index < -0.39 is 21.7 Å². The van der Waals surface area contributed by atoms with Crippen LogP contribution in [0.15, 0.2) is 47.4 Å². The molecule has 0 radical (unpaired) electrons. The molecule has 1 amide bonds. The van der Waals surface area contributed by atoms with Crippen LogP contribution in [0.25, 0.3) is 0 Å². The van der Waals surface area contributed by atoms with Crippen molar-refractivity contribution in [2.75, 3.05) is 25.5 Å². The Hall–Kier alpha value is -2.80. The molecular weight excluding hydrogens is 361 g/mol. The van der Waals surface area contributed by atoms with Gasteiger partial charge in [-0.05, 0) is 36.4 Å². The van der Waals surface area contributed by atoms with Gasteiger partial charge < -0.3 is 10.4 Å². The lowest BCUT2D eigenvalue weighted by atomic mass is 10.2. The Labute approximate surface area is 150 Å². The van der Waals surface area contributed by atoms with Gasteiger partial charge >= 0.3 is 0 Å². The number of halogens is 1. The van der Waals surface area contributed by atoms with Gasteiger partial charge in [0, 0.05) is 24.8 Å². The van der Waals surface area contributed by atoms with E-state index in [4.69, 9.17) is 10.4 Å². The van der Waals surface area contributed by atoms with E-state index in [1.165, 1.54) is 43.4 Å². The summed E-state index contributed by atoms with van der Waals surface area (Å²) >= 11 is 0. The second kappa shape index (κ2) is 8.05. The quantitative estimate of drug-likeness (QED) is 0.794. The molecule has 0 aliphatic rings. The third-order valence-electron chi connectivity index (χ3n) is 3.56. The van der Waals surface area contributed by atoms with Crippen molar-refractivity contribution in [1.82, 2.24) is 4.31 Å². The number of aliphatic hydroxyl groups is 1. The Morgan fingerprint density at radius 2 is 2.04 bits per heavy atom. The molecule has 0 aliphatic heterocycles. The second-order valence-corrected chi connectivity index (χ2v) is 7.38. The highest BCUT2D eigenvalue weighted by Gasteiger charge is 2.21. The van der Waals surface area contributed by atoms with Crippen LogP contribution in [-0.2, 0) is 10.0 Å². The summed E-state index contributed by atoms with van der Waals surface area (Å²) in [5.41, 5.74) is 0.0645. The topological polar surface area (TPSA) is 110 Å². The van der Waals surface area contributed by atoms with E-state index in [2.05, 4.69) is 5.32 Å². The summed E-state index contributed by atoms with van der Waals surface area (Å²) < 4.78 is 39.1. The summed E-state index contributed by atoms with van der Waals surface area (Å²) in [6, 6.07) is 10.6. The van der Waals surface area contributed by atoms with Crippen LogP contribution in [0.5, 0.6) is 0 Å². The average molecular weight is 377 g/mol. The second-order valence-electron chi connectivity index (χ2n) is 5.34. The molecule has 0 spiro atoms. The molecule has 2 N–H and O–H groups in total. The summed E-state index contributed by atoms with van der Waals surface area (Å²) in [6.45, 7) is -0.410. The fourth-order valence-corrected chi connectivity index (χ4v) is 3.34. The zero-order valence-electron chi connectivity index (χ0n) is 13.8. The number of likely N-dealkylation sites (N-methyl/N-ethyl adjacent to an activating group) is 1. The molecule has 0 heterocycles. The standard InChI is InChI=1S/C17H16FN3O4S/c1-21(7-8-22)26(24,25)15-4-2-3-12(10-15)17(23)20-14-5-6-16(18)13(9-14)11-19/h2-6,9-10,22H,7-8H2,1H3,(H,20,23). The highest BCUT2D eigenvalue weighted by atomic mass is 32.2. The van der Waals surface area contributed by atoms with Crippen LogP contribution in [-0.4, -0.2) is 43.9 Å². The molecule has 9 heteroatoms. The molecule has 2 aromatic carbocycles. The first-order valence-electron chi connectivity index (χ1n) is 7.48. The molecule has 0 bridgehead atoms. The molecule has 0 aliphatic carbocycles. The number of amides is 1. The maximum absolute atomic E-state index is 13.3. The van der Waals surface area contributed by atoms with Crippen molar-refractivity contribution in [3.05, 3.63) is 59.4 Å². The fraction of sp³-hybridized carbons (Fsp3) is 0.176. The lowest BCUT2D eigenvalue weighted by Crippen LogP contribution is -2.29. The summed E-state index contributed by atoms with van der Waals surface area (Å²) in [6.07, 6.45) is 0. The average Bonchev–Trinajstić information content (AvgIpc) is 2.63. The third-order valence-corrected chi connectivity index (χ3v) is 5.42. The molecule has 0 atom stereocenters. The van der Waals surface area contributed by atoms with E-state index >= 15 is 0 Å². The van der Waals surface area contributed by atoms with Crippen LogP contribution in [0.4, 0.5) is 10.1 Å². The molecule has 26 heavy (non-hydrogen) atoms. The van der Waals surface area contributed by atoms with Gasteiger partial charge in [-0.2, -0.15) is 9.57 Å². The number of sulfonamides is 1. The number of rotatable bonds is 6. The van der Waals surface area contributed by atoms with E-state index in [0.29, 0.717) is 0 Å². The summed E-state index contributed by atoms with van der Waals surface area (Å²) in [5.74, 6) is -1.31. The SMILES string of the molecule is CN(CCO)S(=O)(=O)c1cccc(C(=O)Nc2ccc(F)c(C#N)c2)c1. The number of aliphatic hydroxyl groups excluding tert-OH is 1. The number of nitriles is 1. The summed E-state index contributed by atoms with van der Waals surface area (Å²) in [5, 5.41) is 20.2. The van der Waals surface area contributed by atoms with Crippen molar-refractivity contribution in [1.29, 1.82) is 5.26 Å². The molecule has 2 aromatic rings. The van der Waals surface area contributed by atoms with Gasteiger partial charge in [0.1, 0.15) is 11.9 Å². The van der Waals surface area contributed by atoms with E-state index in [9.17, 15) is 17.6 Å². The lowest BCUT2D eigenvalue weighted by Gasteiger charge is -2.16. The van der Waals surface area contributed by atoms with Crippen molar-refractivity contribution in [3.8, 4) is 6.07 Å². The highest BCUT2D eigenvalue weighted by Crippen LogP contribution is 2.18. The Balaban J connectivity index is 2.27. The lowest BCUT2D eigenvalue weighted by molar-refractivity contribution is 0.102. The molecular formula is C17H16FN3O4S. The number of hydrogen-bond acceptors (Lipinski definition) is 5. The van der Waals surface area contributed by atoms with Crippen LogP contribution < -0.4 is 5.32 Å². The number of nitrogens with zero attached hydrogens (tertiary/aromatic N) is 2. The minimum atomic E-state index is -3.85. The van der Waals surface area contributed by atoms with Crippen LogP contribution >= 0.6 is 0 Å². The number of anilines is 1. The fourth-order valence-electron chi connectivity index (χ4n) is 2.13. The van der Waals surface area contributed by atoms with E-state index in [1.807, 2.05) is 0 Å². The highest BCUT2D eigenvalue weighted by molar-refractivity contribution is 7.89. The van der Waals surface area contributed by atoms with Crippen LogP contribution in [0.3, 0.4) is 0 Å². The van der Waals surface area contributed by atoms with Gasteiger partial charge in [-0.3, -0.25) is 4.79 Å². The largest absolute Gasteiger partial charge is 0.395 e. The smallest absolute Gasteiger partial charge is 0.255 e. The normalized spacial score (nSPS) is 11.2. The zero-order chi connectivity index (χ0) is 19.3. The maximum Gasteiger partial charge on any atom is 0.255 e. The number of carbonyl (C=O) groups is 1. The Kier molecular flexibility index (Phi) is 6.05. The van der Waals surface area contributed by atoms with Crippen LogP contribution in [0.2, 0.25) is 0 Å². The summed E-state index contributed by atoms with van der Waals surface area (Å²) in [4.78, 5) is 12.2. The number of hydrogen-bond donors (Lipinski definition) is 2. The monoisotopic (exact) mass is 377 g/mol. The Morgan fingerprint density at radius 1 is 1.31 bits per heavy atom. The van der Waals surface area contributed by atoms with Gasteiger partial charge in [-0.1, -0.05) is 6.07 Å². The van der Waals surface area contributed by atoms with Crippen LogP contribution in [0, 0.1) is 17.1 Å². The van der Waals surface area contributed by atoms with Gasteiger partial charge in [0.05, 0.1) is 17.1 Å². The maximum atomic E-state index is 13.3. The zero-order valence-corrected chi connectivity index (χ0v) is 14.6. The predicted molar refractivity (Wildman–Crippen MR) is 92.4 cm³/mol. The first-order chi connectivity index (χ1) is 12.3. The van der Waals surface area contributed by atoms with Crippen molar-refractivity contribution >= 4 is 21.6 Å². The van der Waals surface area contributed by atoms with Gasteiger partial charge in [0.2, 0.25) is 10.0 Å². The number of nitrogens with one attached hydrogen (secondary N) is 1. The molecule has 7 nitrogen and oxygen atoms in total.